The maximum absolute atomic E-state index is 11.8. The third-order valence-corrected chi connectivity index (χ3v) is 2.83. The lowest BCUT2D eigenvalue weighted by atomic mass is 9.97. The molecule has 0 bridgehead atoms. The predicted molar refractivity (Wildman–Crippen MR) is 78.1 cm³/mol. The predicted octanol–water partition coefficient (Wildman–Crippen LogP) is 3.74. The SMILES string of the molecule is CC(C)(C)C(=O)OC[C@@H](CN=[N+]=[N-])Cc1ccccc1. The normalized spacial score (nSPS) is 12.3. The Morgan fingerprint density at radius 1 is 1.35 bits per heavy atom. The lowest BCUT2D eigenvalue weighted by Crippen LogP contribution is -2.27. The summed E-state index contributed by atoms with van der Waals surface area (Å²) in [5.74, 6) is -0.240. The molecule has 5 heteroatoms. The number of carbonyl (C=O) groups excluding carboxylic acids is 1. The summed E-state index contributed by atoms with van der Waals surface area (Å²) in [6, 6.07) is 9.89. The minimum absolute atomic E-state index is 0.000370. The minimum Gasteiger partial charge on any atom is -0.465 e. The zero-order chi connectivity index (χ0) is 15.0. The highest BCUT2D eigenvalue weighted by atomic mass is 16.5. The Balaban J connectivity index is 2.61. The van der Waals surface area contributed by atoms with Crippen molar-refractivity contribution >= 4 is 5.97 Å². The van der Waals surface area contributed by atoms with E-state index in [9.17, 15) is 4.79 Å². The zero-order valence-corrected chi connectivity index (χ0v) is 12.2. The summed E-state index contributed by atoms with van der Waals surface area (Å²) in [5, 5.41) is 3.60. The molecule has 0 aliphatic rings. The zero-order valence-electron chi connectivity index (χ0n) is 12.2. The Bertz CT molecular complexity index is 474. The van der Waals surface area contributed by atoms with Crippen LogP contribution in [-0.4, -0.2) is 19.1 Å². The van der Waals surface area contributed by atoms with E-state index in [4.69, 9.17) is 10.3 Å². The van der Waals surface area contributed by atoms with Crippen molar-refractivity contribution in [1.29, 1.82) is 0 Å². The molecule has 0 amide bonds. The summed E-state index contributed by atoms with van der Waals surface area (Å²) in [5.41, 5.74) is 9.06. The molecule has 0 saturated heterocycles. The van der Waals surface area contributed by atoms with E-state index in [1.807, 2.05) is 51.1 Å². The van der Waals surface area contributed by atoms with E-state index in [0.29, 0.717) is 6.54 Å². The number of benzene rings is 1. The van der Waals surface area contributed by atoms with Crippen LogP contribution in [0.3, 0.4) is 0 Å². The second-order valence-corrected chi connectivity index (χ2v) is 5.82. The summed E-state index contributed by atoms with van der Waals surface area (Å²) in [4.78, 5) is 14.5. The van der Waals surface area contributed by atoms with E-state index in [1.54, 1.807) is 0 Å². The largest absolute Gasteiger partial charge is 0.465 e. The second-order valence-electron chi connectivity index (χ2n) is 5.82. The molecule has 0 radical (unpaired) electrons. The molecule has 0 saturated carbocycles. The smallest absolute Gasteiger partial charge is 0.311 e. The molecule has 0 heterocycles. The topological polar surface area (TPSA) is 75.1 Å². The number of hydrogen-bond donors (Lipinski definition) is 0. The van der Waals surface area contributed by atoms with Gasteiger partial charge in [0.1, 0.15) is 0 Å². The molecule has 0 aliphatic heterocycles. The monoisotopic (exact) mass is 275 g/mol. The van der Waals surface area contributed by atoms with Crippen molar-refractivity contribution in [1.82, 2.24) is 0 Å². The highest BCUT2D eigenvalue weighted by molar-refractivity contribution is 5.75. The van der Waals surface area contributed by atoms with E-state index in [-0.39, 0.29) is 18.5 Å². The van der Waals surface area contributed by atoms with Gasteiger partial charge in [-0.3, -0.25) is 4.79 Å². The van der Waals surface area contributed by atoms with Crippen molar-refractivity contribution in [2.24, 2.45) is 16.4 Å². The highest BCUT2D eigenvalue weighted by Crippen LogP contribution is 2.17. The third-order valence-electron chi connectivity index (χ3n) is 2.83. The van der Waals surface area contributed by atoms with Crippen molar-refractivity contribution < 1.29 is 9.53 Å². The number of azide groups is 1. The Kier molecular flexibility index (Phi) is 6.07. The van der Waals surface area contributed by atoms with Crippen LogP contribution >= 0.6 is 0 Å². The van der Waals surface area contributed by atoms with Gasteiger partial charge >= 0.3 is 5.97 Å². The van der Waals surface area contributed by atoms with Crippen LogP contribution in [0.25, 0.3) is 10.4 Å². The van der Waals surface area contributed by atoms with Gasteiger partial charge in [-0.2, -0.15) is 0 Å². The first kappa shape index (κ1) is 16.1. The van der Waals surface area contributed by atoms with Gasteiger partial charge in [0.05, 0.1) is 12.0 Å². The van der Waals surface area contributed by atoms with Gasteiger partial charge in [0.15, 0.2) is 0 Å². The van der Waals surface area contributed by atoms with Crippen molar-refractivity contribution in [2.45, 2.75) is 27.2 Å². The van der Waals surface area contributed by atoms with E-state index in [1.165, 1.54) is 0 Å². The lowest BCUT2D eigenvalue weighted by Gasteiger charge is -2.20. The Morgan fingerprint density at radius 3 is 2.55 bits per heavy atom. The van der Waals surface area contributed by atoms with Gasteiger partial charge in [0.25, 0.3) is 0 Å². The Labute approximate surface area is 119 Å². The fourth-order valence-electron chi connectivity index (χ4n) is 1.69. The summed E-state index contributed by atoms with van der Waals surface area (Å²) in [6.45, 7) is 6.03. The molecule has 0 unspecified atom stereocenters. The number of nitrogens with zero attached hydrogens (tertiary/aromatic N) is 3. The van der Waals surface area contributed by atoms with Gasteiger partial charge in [-0.15, -0.1) is 0 Å². The van der Waals surface area contributed by atoms with E-state index >= 15 is 0 Å². The summed E-state index contributed by atoms with van der Waals surface area (Å²) in [7, 11) is 0. The average Bonchev–Trinajstić information content (AvgIpc) is 2.41. The molecule has 5 nitrogen and oxygen atoms in total. The summed E-state index contributed by atoms with van der Waals surface area (Å²) < 4.78 is 5.32. The Morgan fingerprint density at radius 2 is 2.00 bits per heavy atom. The van der Waals surface area contributed by atoms with Gasteiger partial charge in [0.2, 0.25) is 0 Å². The van der Waals surface area contributed by atoms with E-state index < -0.39 is 5.41 Å². The minimum atomic E-state index is -0.518. The van der Waals surface area contributed by atoms with Crippen LogP contribution in [0, 0.1) is 11.3 Å². The number of ether oxygens (including phenoxy) is 1. The van der Waals surface area contributed by atoms with Crippen molar-refractivity contribution in [2.75, 3.05) is 13.2 Å². The molecule has 0 fully saturated rings. The van der Waals surface area contributed by atoms with Gasteiger partial charge in [-0.05, 0) is 38.3 Å². The van der Waals surface area contributed by atoms with Gasteiger partial charge in [0, 0.05) is 17.4 Å². The first-order chi connectivity index (χ1) is 9.43. The number of esters is 1. The highest BCUT2D eigenvalue weighted by Gasteiger charge is 2.24. The number of hydrogen-bond acceptors (Lipinski definition) is 3. The first-order valence-corrected chi connectivity index (χ1v) is 6.65. The molecule has 20 heavy (non-hydrogen) atoms. The van der Waals surface area contributed by atoms with E-state index in [2.05, 4.69) is 10.0 Å². The molecular formula is C15H21N3O2. The van der Waals surface area contributed by atoms with Gasteiger partial charge in [-0.1, -0.05) is 35.4 Å². The molecule has 1 aromatic carbocycles. The summed E-state index contributed by atoms with van der Waals surface area (Å²) in [6.07, 6.45) is 0.720. The van der Waals surface area contributed by atoms with Crippen LogP contribution in [0.2, 0.25) is 0 Å². The van der Waals surface area contributed by atoms with Crippen molar-refractivity contribution in [3.63, 3.8) is 0 Å². The molecule has 1 atom stereocenters. The van der Waals surface area contributed by atoms with E-state index in [0.717, 1.165) is 12.0 Å². The van der Waals surface area contributed by atoms with Gasteiger partial charge in [-0.25, -0.2) is 0 Å². The first-order valence-electron chi connectivity index (χ1n) is 6.65. The van der Waals surface area contributed by atoms with Crippen LogP contribution in [0.5, 0.6) is 0 Å². The molecule has 0 aromatic heterocycles. The van der Waals surface area contributed by atoms with Crippen LogP contribution in [0.15, 0.2) is 35.4 Å². The fraction of sp³-hybridized carbons (Fsp3) is 0.533. The quantitative estimate of drug-likeness (QED) is 0.343. The molecule has 1 aromatic rings. The molecule has 0 spiro atoms. The maximum atomic E-state index is 11.8. The second kappa shape index (κ2) is 7.56. The third kappa shape index (κ3) is 5.76. The average molecular weight is 275 g/mol. The molecule has 0 aliphatic carbocycles. The van der Waals surface area contributed by atoms with Gasteiger partial charge < -0.3 is 4.74 Å². The molecule has 1 rings (SSSR count). The van der Waals surface area contributed by atoms with Crippen molar-refractivity contribution in [3.8, 4) is 0 Å². The maximum Gasteiger partial charge on any atom is 0.311 e. The molecule has 0 N–H and O–H groups in total. The fourth-order valence-corrected chi connectivity index (χ4v) is 1.69. The van der Waals surface area contributed by atoms with Crippen LogP contribution in [-0.2, 0) is 16.0 Å². The lowest BCUT2D eigenvalue weighted by molar-refractivity contribution is -0.154. The molecule has 108 valence electrons. The number of carbonyl (C=O) groups is 1. The Hall–Kier alpha value is -2.00. The van der Waals surface area contributed by atoms with Crippen LogP contribution in [0.1, 0.15) is 26.3 Å². The van der Waals surface area contributed by atoms with Crippen LogP contribution < -0.4 is 0 Å². The number of rotatable bonds is 6. The standard InChI is InChI=1S/C15H21N3O2/c1-15(2,3)14(19)20-11-13(10-17-18-16)9-12-7-5-4-6-8-12/h4-8,13H,9-11H2,1-3H3/t13-/m1/s1. The van der Waals surface area contributed by atoms with Crippen LogP contribution in [0.4, 0.5) is 0 Å². The molecular weight excluding hydrogens is 254 g/mol. The summed E-state index contributed by atoms with van der Waals surface area (Å²) >= 11 is 0. The van der Waals surface area contributed by atoms with Crippen molar-refractivity contribution in [3.05, 3.63) is 46.3 Å².